The number of anilines is 1. The van der Waals surface area contributed by atoms with Crippen LogP contribution in [0.25, 0.3) is 0 Å². The molecule has 90 valence electrons. The maximum atomic E-state index is 10.7. The lowest BCUT2D eigenvalue weighted by molar-refractivity contribution is -0.384. The number of benzene rings is 2. The number of thiocarbonyl (C=S) groups is 1. The predicted octanol–water partition coefficient (Wildman–Crippen LogP) is 3.38. The molecule has 2 aromatic rings. The quantitative estimate of drug-likeness (QED) is 0.521. The lowest BCUT2D eigenvalue weighted by atomic mass is 10.2. The average molecular weight is 258 g/mol. The lowest BCUT2D eigenvalue weighted by Crippen LogP contribution is -2.10. The van der Waals surface area contributed by atoms with E-state index in [9.17, 15) is 10.1 Å². The first-order chi connectivity index (χ1) is 8.66. The van der Waals surface area contributed by atoms with Crippen molar-refractivity contribution in [3.63, 3.8) is 0 Å². The Kier molecular flexibility index (Phi) is 3.64. The monoisotopic (exact) mass is 258 g/mol. The summed E-state index contributed by atoms with van der Waals surface area (Å²) in [5.41, 5.74) is 1.52. The molecule has 2 aromatic carbocycles. The van der Waals surface area contributed by atoms with Gasteiger partial charge in [-0.3, -0.25) is 10.1 Å². The summed E-state index contributed by atoms with van der Waals surface area (Å²) < 4.78 is 0. The summed E-state index contributed by atoms with van der Waals surface area (Å²) in [5.74, 6) is 0. The Morgan fingerprint density at radius 3 is 2.50 bits per heavy atom. The van der Waals surface area contributed by atoms with Gasteiger partial charge in [0.15, 0.2) is 0 Å². The van der Waals surface area contributed by atoms with E-state index in [1.165, 1.54) is 12.1 Å². The van der Waals surface area contributed by atoms with Crippen molar-refractivity contribution in [1.82, 2.24) is 0 Å². The number of nitro benzene ring substituents is 1. The zero-order valence-electron chi connectivity index (χ0n) is 9.37. The first-order valence-corrected chi connectivity index (χ1v) is 5.68. The maximum absolute atomic E-state index is 10.7. The van der Waals surface area contributed by atoms with Crippen molar-refractivity contribution in [3.05, 3.63) is 70.3 Å². The van der Waals surface area contributed by atoms with Gasteiger partial charge >= 0.3 is 0 Å². The molecule has 18 heavy (non-hydrogen) atoms. The van der Waals surface area contributed by atoms with Crippen LogP contribution in [-0.2, 0) is 0 Å². The SMILES string of the molecule is O=[N+]([O-])c1cccc(NC(=S)c2ccccc2)c1. The molecule has 0 aliphatic carbocycles. The van der Waals surface area contributed by atoms with Gasteiger partial charge in [-0.05, 0) is 6.07 Å². The zero-order chi connectivity index (χ0) is 13.0. The predicted molar refractivity (Wildman–Crippen MR) is 74.9 cm³/mol. The van der Waals surface area contributed by atoms with Crippen LogP contribution in [0.4, 0.5) is 11.4 Å². The molecule has 1 N–H and O–H groups in total. The minimum atomic E-state index is -0.434. The van der Waals surface area contributed by atoms with Gasteiger partial charge in [-0.15, -0.1) is 0 Å². The molecule has 0 aliphatic heterocycles. The van der Waals surface area contributed by atoms with E-state index in [1.54, 1.807) is 12.1 Å². The summed E-state index contributed by atoms with van der Waals surface area (Å²) in [6.07, 6.45) is 0. The van der Waals surface area contributed by atoms with E-state index in [0.29, 0.717) is 10.7 Å². The minimum absolute atomic E-state index is 0.0378. The highest BCUT2D eigenvalue weighted by Gasteiger charge is 2.07. The molecule has 0 unspecified atom stereocenters. The van der Waals surface area contributed by atoms with E-state index in [1.807, 2.05) is 30.3 Å². The summed E-state index contributed by atoms with van der Waals surface area (Å²) in [6, 6.07) is 15.7. The molecular formula is C13H10N2O2S. The molecule has 0 atom stereocenters. The molecule has 0 aliphatic rings. The van der Waals surface area contributed by atoms with Gasteiger partial charge in [-0.25, -0.2) is 0 Å². The number of non-ortho nitro benzene ring substituents is 1. The van der Waals surface area contributed by atoms with Crippen molar-refractivity contribution in [2.75, 3.05) is 5.32 Å². The Balaban J connectivity index is 2.17. The van der Waals surface area contributed by atoms with Gasteiger partial charge in [0.25, 0.3) is 5.69 Å². The molecule has 5 heteroatoms. The van der Waals surface area contributed by atoms with Gasteiger partial charge in [0, 0.05) is 23.4 Å². The summed E-state index contributed by atoms with van der Waals surface area (Å²) in [5, 5.41) is 13.6. The van der Waals surface area contributed by atoms with Crippen molar-refractivity contribution in [3.8, 4) is 0 Å². The van der Waals surface area contributed by atoms with E-state index in [-0.39, 0.29) is 5.69 Å². The molecule has 0 aromatic heterocycles. The average Bonchev–Trinajstić information content (AvgIpc) is 2.40. The van der Waals surface area contributed by atoms with Gasteiger partial charge in [0.2, 0.25) is 0 Å². The molecule has 0 saturated heterocycles. The van der Waals surface area contributed by atoms with E-state index in [0.717, 1.165) is 5.56 Å². The van der Waals surface area contributed by atoms with Crippen LogP contribution in [0.1, 0.15) is 5.56 Å². The standard InChI is InChI=1S/C13H10N2O2S/c16-15(17)12-8-4-7-11(9-12)14-13(18)10-5-2-1-3-6-10/h1-9H,(H,14,18). The molecule has 0 fully saturated rings. The second-order valence-corrected chi connectivity index (χ2v) is 4.04. The van der Waals surface area contributed by atoms with Crippen molar-refractivity contribution in [2.24, 2.45) is 0 Å². The Morgan fingerprint density at radius 2 is 1.83 bits per heavy atom. The van der Waals surface area contributed by atoms with Crippen LogP contribution in [-0.4, -0.2) is 9.91 Å². The highest BCUT2D eigenvalue weighted by atomic mass is 32.1. The Morgan fingerprint density at radius 1 is 1.11 bits per heavy atom. The van der Waals surface area contributed by atoms with Crippen LogP contribution in [0.5, 0.6) is 0 Å². The maximum Gasteiger partial charge on any atom is 0.271 e. The molecule has 4 nitrogen and oxygen atoms in total. The fraction of sp³-hybridized carbons (Fsp3) is 0. The summed E-state index contributed by atoms with van der Waals surface area (Å²) in [4.78, 5) is 10.8. The minimum Gasteiger partial charge on any atom is -0.346 e. The van der Waals surface area contributed by atoms with Crippen molar-refractivity contribution in [1.29, 1.82) is 0 Å². The Bertz CT molecular complexity index is 585. The molecule has 2 rings (SSSR count). The zero-order valence-corrected chi connectivity index (χ0v) is 10.2. The van der Waals surface area contributed by atoms with Gasteiger partial charge in [-0.2, -0.15) is 0 Å². The number of nitro groups is 1. The van der Waals surface area contributed by atoms with E-state index in [2.05, 4.69) is 5.32 Å². The number of hydrogen-bond donors (Lipinski definition) is 1. The smallest absolute Gasteiger partial charge is 0.271 e. The molecule has 0 saturated carbocycles. The molecule has 0 radical (unpaired) electrons. The van der Waals surface area contributed by atoms with E-state index in [4.69, 9.17) is 12.2 Å². The fourth-order valence-corrected chi connectivity index (χ4v) is 1.74. The van der Waals surface area contributed by atoms with Gasteiger partial charge in [0.05, 0.1) is 4.92 Å². The van der Waals surface area contributed by atoms with E-state index < -0.39 is 4.92 Å². The summed E-state index contributed by atoms with van der Waals surface area (Å²) in [6.45, 7) is 0. The van der Waals surface area contributed by atoms with E-state index >= 15 is 0 Å². The van der Waals surface area contributed by atoms with Gasteiger partial charge in [-0.1, -0.05) is 48.6 Å². The third-order valence-corrected chi connectivity index (χ3v) is 2.69. The molecule has 0 heterocycles. The highest BCUT2D eigenvalue weighted by Crippen LogP contribution is 2.18. The third kappa shape index (κ3) is 2.89. The number of nitrogens with one attached hydrogen (secondary N) is 1. The summed E-state index contributed by atoms with van der Waals surface area (Å²) in [7, 11) is 0. The van der Waals surface area contributed by atoms with Crippen LogP contribution in [0.2, 0.25) is 0 Å². The highest BCUT2D eigenvalue weighted by molar-refractivity contribution is 7.81. The lowest BCUT2D eigenvalue weighted by Gasteiger charge is -2.07. The first-order valence-electron chi connectivity index (χ1n) is 5.27. The first kappa shape index (κ1) is 12.2. The molecule has 0 amide bonds. The molecule has 0 bridgehead atoms. The second-order valence-electron chi connectivity index (χ2n) is 3.63. The number of rotatable bonds is 3. The fourth-order valence-electron chi connectivity index (χ4n) is 1.49. The van der Waals surface area contributed by atoms with Crippen LogP contribution in [0.15, 0.2) is 54.6 Å². The van der Waals surface area contributed by atoms with Gasteiger partial charge < -0.3 is 5.32 Å². The van der Waals surface area contributed by atoms with Gasteiger partial charge in [0.1, 0.15) is 4.99 Å². The van der Waals surface area contributed by atoms with Crippen molar-refractivity contribution in [2.45, 2.75) is 0 Å². The third-order valence-electron chi connectivity index (χ3n) is 2.35. The normalized spacial score (nSPS) is 9.78. The van der Waals surface area contributed by atoms with Crippen molar-refractivity contribution >= 4 is 28.6 Å². The Hall–Kier alpha value is -2.27. The largest absolute Gasteiger partial charge is 0.346 e. The number of nitrogens with zero attached hydrogens (tertiary/aromatic N) is 1. The topological polar surface area (TPSA) is 55.2 Å². The van der Waals surface area contributed by atoms with Crippen LogP contribution in [0, 0.1) is 10.1 Å². The second kappa shape index (κ2) is 5.37. The Labute approximate surface area is 109 Å². The van der Waals surface area contributed by atoms with Crippen LogP contribution >= 0.6 is 12.2 Å². The molecule has 0 spiro atoms. The van der Waals surface area contributed by atoms with Crippen molar-refractivity contribution < 1.29 is 4.92 Å². The number of hydrogen-bond acceptors (Lipinski definition) is 3. The van der Waals surface area contributed by atoms with Crippen LogP contribution in [0.3, 0.4) is 0 Å². The van der Waals surface area contributed by atoms with Crippen LogP contribution < -0.4 is 5.32 Å². The molecular weight excluding hydrogens is 248 g/mol. The summed E-state index contributed by atoms with van der Waals surface area (Å²) >= 11 is 5.23.